The Morgan fingerprint density at radius 2 is 2.42 bits per heavy atom. The zero-order valence-corrected chi connectivity index (χ0v) is 9.28. The summed E-state index contributed by atoms with van der Waals surface area (Å²) in [6, 6.07) is 0. The van der Waals surface area contributed by atoms with E-state index in [4.69, 9.17) is 10.5 Å². The van der Waals surface area contributed by atoms with E-state index in [1.54, 1.807) is 12.3 Å². The van der Waals surface area contributed by atoms with E-state index in [1.807, 2.05) is 0 Å². The lowest BCUT2D eigenvalue weighted by Crippen LogP contribution is -2.03. The van der Waals surface area contributed by atoms with Gasteiger partial charge in [-0.3, -0.25) is 0 Å². The third-order valence-electron chi connectivity index (χ3n) is 0.893. The van der Waals surface area contributed by atoms with Crippen molar-refractivity contribution in [2.75, 3.05) is 18.9 Å². The van der Waals surface area contributed by atoms with E-state index in [0.29, 0.717) is 17.6 Å². The number of hydrogen-bond donors (Lipinski definition) is 1. The second kappa shape index (κ2) is 7.64. The van der Waals surface area contributed by atoms with Crippen molar-refractivity contribution in [3.05, 3.63) is 9.89 Å². The average molecular weight is 254 g/mol. The van der Waals surface area contributed by atoms with Gasteiger partial charge < -0.3 is 10.5 Å². The second-order valence-corrected chi connectivity index (χ2v) is 3.68. The average Bonchev–Trinajstić information content (AvgIpc) is 2.05. The molecule has 0 aliphatic heterocycles. The first kappa shape index (κ1) is 12.0. The monoisotopic (exact) mass is 253 g/mol. The Morgan fingerprint density at radius 1 is 1.75 bits per heavy atom. The molecule has 0 amide bonds. The minimum atomic E-state index is -0.331. The third kappa shape index (κ3) is 5.62. The van der Waals surface area contributed by atoms with Gasteiger partial charge in [-0.15, -0.1) is 11.8 Å². The first-order valence-electron chi connectivity index (χ1n) is 3.56. The molecule has 70 valence electrons. The topological polar surface area (TPSA) is 52.3 Å². The number of esters is 1. The van der Waals surface area contributed by atoms with Crippen LogP contribution in [-0.2, 0) is 9.53 Å². The van der Waals surface area contributed by atoms with Gasteiger partial charge in [0.05, 0.1) is 6.61 Å². The van der Waals surface area contributed by atoms with Gasteiger partial charge in [0.25, 0.3) is 0 Å². The van der Waals surface area contributed by atoms with Gasteiger partial charge in [-0.2, -0.15) is 0 Å². The molecule has 0 aliphatic rings. The summed E-state index contributed by atoms with van der Waals surface area (Å²) in [5.41, 5.74) is 5.27. The van der Waals surface area contributed by atoms with E-state index >= 15 is 0 Å². The van der Waals surface area contributed by atoms with Crippen molar-refractivity contribution < 1.29 is 9.53 Å². The minimum absolute atomic E-state index is 0.331. The van der Waals surface area contributed by atoms with E-state index in [0.717, 1.165) is 5.75 Å². The molecule has 0 heterocycles. The number of rotatable bonds is 5. The first-order valence-corrected chi connectivity index (χ1v) is 5.41. The van der Waals surface area contributed by atoms with Gasteiger partial charge in [0.2, 0.25) is 0 Å². The molecule has 0 unspecified atom stereocenters. The van der Waals surface area contributed by atoms with Gasteiger partial charge in [-0.25, -0.2) is 4.79 Å². The Labute approximate surface area is 84.8 Å². The molecule has 0 saturated heterocycles. The van der Waals surface area contributed by atoms with Crippen molar-refractivity contribution in [3.8, 4) is 0 Å². The van der Waals surface area contributed by atoms with Crippen LogP contribution < -0.4 is 5.73 Å². The highest BCUT2D eigenvalue weighted by molar-refractivity contribution is 9.12. The van der Waals surface area contributed by atoms with Crippen molar-refractivity contribution in [1.82, 2.24) is 0 Å². The molecular weight excluding hydrogens is 242 g/mol. The first-order chi connectivity index (χ1) is 5.72. The molecular formula is C7H12BrNO2S. The number of thioether (sulfide) groups is 1. The molecule has 12 heavy (non-hydrogen) atoms. The minimum Gasteiger partial charge on any atom is -0.462 e. The largest absolute Gasteiger partial charge is 0.462 e. The van der Waals surface area contributed by atoms with Crippen LogP contribution in [0.25, 0.3) is 0 Å². The van der Waals surface area contributed by atoms with Crippen molar-refractivity contribution in [2.24, 2.45) is 5.73 Å². The van der Waals surface area contributed by atoms with Gasteiger partial charge >= 0.3 is 5.97 Å². The summed E-state index contributed by atoms with van der Waals surface area (Å²) in [5.74, 6) is 0.469. The zero-order valence-electron chi connectivity index (χ0n) is 6.88. The smallest absolute Gasteiger partial charge is 0.345 e. The molecule has 2 N–H and O–H groups in total. The molecule has 0 rings (SSSR count). The van der Waals surface area contributed by atoms with Gasteiger partial charge in [0, 0.05) is 12.3 Å². The van der Waals surface area contributed by atoms with Crippen LogP contribution in [0.4, 0.5) is 0 Å². The molecule has 0 saturated carbocycles. The summed E-state index contributed by atoms with van der Waals surface area (Å²) >= 11 is 4.58. The maximum Gasteiger partial charge on any atom is 0.345 e. The van der Waals surface area contributed by atoms with E-state index in [1.165, 1.54) is 11.8 Å². The third-order valence-corrected chi connectivity index (χ3v) is 2.62. The quantitative estimate of drug-likeness (QED) is 0.458. The van der Waals surface area contributed by atoms with Crippen LogP contribution >= 0.6 is 27.7 Å². The normalized spacial score (nSPS) is 11.4. The van der Waals surface area contributed by atoms with Crippen LogP contribution in [0.2, 0.25) is 0 Å². The predicted molar refractivity (Wildman–Crippen MR) is 55.2 cm³/mol. The Hall–Kier alpha value is -0.0000000000000000763. The van der Waals surface area contributed by atoms with Crippen LogP contribution in [0.3, 0.4) is 0 Å². The molecule has 0 radical (unpaired) electrons. The highest BCUT2D eigenvalue weighted by Gasteiger charge is 2.04. The number of nitrogens with two attached hydrogens (primary N) is 1. The summed E-state index contributed by atoms with van der Waals surface area (Å²) in [6.45, 7) is 2.76. The fourth-order valence-electron chi connectivity index (χ4n) is 0.448. The summed E-state index contributed by atoms with van der Waals surface area (Å²) in [5, 5.41) is 1.70. The molecule has 0 aromatic heterocycles. The highest BCUT2D eigenvalue weighted by Crippen LogP contribution is 2.13. The van der Waals surface area contributed by atoms with Gasteiger partial charge in [-0.05, 0) is 28.3 Å². The molecule has 0 atom stereocenters. The molecule has 0 bridgehead atoms. The Kier molecular flexibility index (Phi) is 7.64. The Morgan fingerprint density at radius 3 is 2.92 bits per heavy atom. The lowest BCUT2D eigenvalue weighted by Gasteiger charge is -1.98. The molecule has 0 fully saturated rings. The molecule has 5 heteroatoms. The number of carbonyl (C=O) groups excluding carboxylic acids is 1. The van der Waals surface area contributed by atoms with E-state index < -0.39 is 0 Å². The summed E-state index contributed by atoms with van der Waals surface area (Å²) < 4.78 is 5.18. The molecule has 0 aliphatic carbocycles. The number of hydrogen-bond acceptors (Lipinski definition) is 4. The maximum absolute atomic E-state index is 11.0. The lowest BCUT2D eigenvalue weighted by atomic mass is 10.6. The van der Waals surface area contributed by atoms with Gasteiger partial charge in [0.1, 0.15) is 4.48 Å². The van der Waals surface area contributed by atoms with Crippen molar-refractivity contribution >= 4 is 33.7 Å². The van der Waals surface area contributed by atoms with Crippen LogP contribution in [0.5, 0.6) is 0 Å². The Balaban J connectivity index is 3.74. The SMILES string of the molecule is CCOC(=O)/C(Br)=C/SCCN. The molecule has 0 aromatic rings. The fraction of sp³-hybridized carbons (Fsp3) is 0.571. The zero-order chi connectivity index (χ0) is 9.40. The lowest BCUT2D eigenvalue weighted by molar-refractivity contribution is -0.137. The van der Waals surface area contributed by atoms with Crippen molar-refractivity contribution in [2.45, 2.75) is 6.92 Å². The number of carbonyl (C=O) groups is 1. The van der Waals surface area contributed by atoms with Crippen LogP contribution in [0.1, 0.15) is 6.92 Å². The molecule has 3 nitrogen and oxygen atoms in total. The van der Waals surface area contributed by atoms with Gasteiger partial charge in [-0.1, -0.05) is 0 Å². The Bertz CT molecular complexity index is 173. The second-order valence-electron chi connectivity index (χ2n) is 1.85. The summed E-state index contributed by atoms with van der Waals surface area (Å²) in [6.07, 6.45) is 0. The summed E-state index contributed by atoms with van der Waals surface area (Å²) in [4.78, 5) is 11.0. The van der Waals surface area contributed by atoms with Gasteiger partial charge in [0.15, 0.2) is 0 Å². The molecule has 0 aromatic carbocycles. The number of ether oxygens (including phenoxy) is 1. The summed E-state index contributed by atoms with van der Waals surface area (Å²) in [7, 11) is 0. The van der Waals surface area contributed by atoms with Crippen molar-refractivity contribution in [3.63, 3.8) is 0 Å². The van der Waals surface area contributed by atoms with Crippen molar-refractivity contribution in [1.29, 1.82) is 0 Å². The van der Waals surface area contributed by atoms with E-state index in [-0.39, 0.29) is 5.97 Å². The van der Waals surface area contributed by atoms with E-state index in [9.17, 15) is 4.79 Å². The highest BCUT2D eigenvalue weighted by atomic mass is 79.9. The predicted octanol–water partition coefficient (Wildman–Crippen LogP) is 1.48. The van der Waals surface area contributed by atoms with Crippen LogP contribution in [-0.4, -0.2) is 24.9 Å². The van der Waals surface area contributed by atoms with Crippen LogP contribution in [0.15, 0.2) is 9.89 Å². The molecule has 0 spiro atoms. The fourth-order valence-corrected chi connectivity index (χ4v) is 1.46. The number of halogens is 1. The van der Waals surface area contributed by atoms with Crippen LogP contribution in [0, 0.1) is 0 Å². The standard InChI is InChI=1S/C7H12BrNO2S/c1-2-11-7(10)6(8)5-12-4-3-9/h5H,2-4,9H2,1H3/b6-5-. The van der Waals surface area contributed by atoms with E-state index in [2.05, 4.69) is 15.9 Å². The maximum atomic E-state index is 11.0.